The molecule has 0 unspecified atom stereocenters. The minimum Gasteiger partial charge on any atom is -0.330 e. The molecule has 2 heteroatoms. The average molecular weight is 240 g/mol. The predicted molar refractivity (Wildman–Crippen MR) is 75.5 cm³/mol. The summed E-state index contributed by atoms with van der Waals surface area (Å²) in [7, 11) is 0. The molecule has 94 valence electrons. The van der Waals surface area contributed by atoms with E-state index in [1.54, 1.807) is 0 Å². The van der Waals surface area contributed by atoms with Crippen LogP contribution >= 0.6 is 0 Å². The largest absolute Gasteiger partial charge is 0.330 e. The molecule has 2 aromatic rings. The molecular weight excluding hydrogens is 220 g/mol. The zero-order valence-electron chi connectivity index (χ0n) is 11.3. The summed E-state index contributed by atoms with van der Waals surface area (Å²) in [6.45, 7) is 7.48. The molecule has 1 aromatic carbocycles. The highest BCUT2D eigenvalue weighted by Gasteiger charge is 2.57. The van der Waals surface area contributed by atoms with E-state index in [-0.39, 0.29) is 0 Å². The first-order valence-electron chi connectivity index (χ1n) is 6.62. The highest BCUT2D eigenvalue weighted by molar-refractivity contribution is 5.83. The monoisotopic (exact) mass is 240 g/mol. The van der Waals surface area contributed by atoms with E-state index in [4.69, 9.17) is 5.73 Å². The van der Waals surface area contributed by atoms with Crippen LogP contribution in [0.25, 0.3) is 10.9 Å². The van der Waals surface area contributed by atoms with Crippen LogP contribution in [0.1, 0.15) is 31.0 Å². The fraction of sp³-hybridized carbons (Fsp3) is 0.438. The van der Waals surface area contributed by atoms with E-state index in [1.807, 2.05) is 0 Å². The summed E-state index contributed by atoms with van der Waals surface area (Å²) in [6, 6.07) is 10.7. The lowest BCUT2D eigenvalue weighted by Crippen LogP contribution is -2.05. The van der Waals surface area contributed by atoms with Gasteiger partial charge in [-0.3, -0.25) is 4.98 Å². The minimum atomic E-state index is 0.325. The SMILES string of the molecule is Cc1cc([C@H]2[C@H](CN)C2(C)C)c2ccccc2n1. The molecule has 18 heavy (non-hydrogen) atoms. The lowest BCUT2D eigenvalue weighted by molar-refractivity contribution is 0.559. The standard InChI is InChI=1S/C16H20N2/c1-10-8-12(15-13(9-17)16(15,2)3)11-6-4-5-7-14(11)18-10/h4-8,13,15H,9,17H2,1-3H3/t13-,15-/m0/s1. The Morgan fingerprint density at radius 2 is 2.00 bits per heavy atom. The topological polar surface area (TPSA) is 38.9 Å². The third-order valence-corrected chi connectivity index (χ3v) is 4.52. The quantitative estimate of drug-likeness (QED) is 0.875. The molecule has 0 bridgehead atoms. The van der Waals surface area contributed by atoms with Gasteiger partial charge in [-0.05, 0) is 48.4 Å². The van der Waals surface area contributed by atoms with Crippen molar-refractivity contribution in [1.29, 1.82) is 0 Å². The number of hydrogen-bond donors (Lipinski definition) is 1. The average Bonchev–Trinajstić information content (AvgIpc) is 2.89. The van der Waals surface area contributed by atoms with Crippen molar-refractivity contribution in [2.45, 2.75) is 26.7 Å². The Morgan fingerprint density at radius 1 is 1.28 bits per heavy atom. The predicted octanol–water partition coefficient (Wildman–Crippen LogP) is 3.24. The molecule has 1 aliphatic rings. The van der Waals surface area contributed by atoms with Gasteiger partial charge >= 0.3 is 0 Å². The number of hydrogen-bond acceptors (Lipinski definition) is 2. The molecule has 0 saturated heterocycles. The van der Waals surface area contributed by atoms with E-state index in [2.05, 4.69) is 56.1 Å². The van der Waals surface area contributed by atoms with E-state index in [0.29, 0.717) is 17.3 Å². The van der Waals surface area contributed by atoms with Crippen LogP contribution in [0.15, 0.2) is 30.3 Å². The molecule has 0 spiro atoms. The Hall–Kier alpha value is -1.41. The van der Waals surface area contributed by atoms with Gasteiger partial charge < -0.3 is 5.73 Å². The van der Waals surface area contributed by atoms with E-state index in [1.165, 1.54) is 10.9 Å². The van der Waals surface area contributed by atoms with Crippen molar-refractivity contribution in [3.63, 3.8) is 0 Å². The Bertz CT molecular complexity index is 601. The van der Waals surface area contributed by atoms with E-state index in [9.17, 15) is 0 Å². The van der Waals surface area contributed by atoms with E-state index < -0.39 is 0 Å². The van der Waals surface area contributed by atoms with Crippen molar-refractivity contribution >= 4 is 10.9 Å². The van der Waals surface area contributed by atoms with Gasteiger partial charge in [-0.25, -0.2) is 0 Å². The Balaban J connectivity index is 2.18. The Morgan fingerprint density at radius 3 is 2.67 bits per heavy atom. The first-order valence-corrected chi connectivity index (χ1v) is 6.62. The van der Waals surface area contributed by atoms with Crippen molar-refractivity contribution in [3.8, 4) is 0 Å². The van der Waals surface area contributed by atoms with Gasteiger partial charge in [0.25, 0.3) is 0 Å². The molecule has 3 rings (SSSR count). The molecule has 1 fully saturated rings. The molecule has 0 aliphatic heterocycles. The van der Waals surface area contributed by atoms with Crippen LogP contribution in [0.2, 0.25) is 0 Å². The number of benzene rings is 1. The van der Waals surface area contributed by atoms with Gasteiger partial charge in [-0.15, -0.1) is 0 Å². The number of para-hydroxylation sites is 1. The zero-order valence-corrected chi connectivity index (χ0v) is 11.3. The molecular formula is C16H20N2. The van der Waals surface area contributed by atoms with Crippen LogP contribution < -0.4 is 5.73 Å². The first kappa shape index (κ1) is 11.7. The van der Waals surface area contributed by atoms with E-state index in [0.717, 1.165) is 17.8 Å². The maximum Gasteiger partial charge on any atom is 0.0708 e. The Kier molecular flexibility index (Phi) is 2.46. The fourth-order valence-electron chi connectivity index (χ4n) is 3.40. The molecule has 2 nitrogen and oxygen atoms in total. The van der Waals surface area contributed by atoms with Crippen molar-refractivity contribution in [2.24, 2.45) is 17.1 Å². The fourth-order valence-corrected chi connectivity index (χ4v) is 3.40. The van der Waals surface area contributed by atoms with Crippen LogP contribution in [0, 0.1) is 18.3 Å². The molecule has 2 N–H and O–H groups in total. The molecule has 1 saturated carbocycles. The molecule has 1 aliphatic carbocycles. The van der Waals surface area contributed by atoms with Crippen molar-refractivity contribution in [1.82, 2.24) is 4.98 Å². The second-order valence-electron chi connectivity index (χ2n) is 6.01. The lowest BCUT2D eigenvalue weighted by atomic mass is 9.98. The van der Waals surface area contributed by atoms with Crippen LogP contribution in [-0.4, -0.2) is 11.5 Å². The highest BCUT2D eigenvalue weighted by atomic mass is 14.7. The third-order valence-electron chi connectivity index (χ3n) is 4.52. The summed E-state index contributed by atoms with van der Waals surface area (Å²) in [5.74, 6) is 1.18. The summed E-state index contributed by atoms with van der Waals surface area (Å²) in [4.78, 5) is 4.61. The minimum absolute atomic E-state index is 0.325. The highest BCUT2D eigenvalue weighted by Crippen LogP contribution is 2.64. The Labute approximate surface area is 108 Å². The maximum absolute atomic E-state index is 5.90. The maximum atomic E-state index is 5.90. The smallest absolute Gasteiger partial charge is 0.0708 e. The number of fused-ring (bicyclic) bond motifs is 1. The van der Waals surface area contributed by atoms with Crippen molar-refractivity contribution in [3.05, 3.63) is 41.6 Å². The third kappa shape index (κ3) is 1.56. The van der Waals surface area contributed by atoms with Gasteiger partial charge in [0, 0.05) is 11.1 Å². The first-order chi connectivity index (χ1) is 8.55. The normalized spacial score (nSPS) is 25.3. The van der Waals surface area contributed by atoms with Gasteiger partial charge in [0.2, 0.25) is 0 Å². The van der Waals surface area contributed by atoms with Crippen LogP contribution in [0.5, 0.6) is 0 Å². The lowest BCUT2D eigenvalue weighted by Gasteiger charge is -2.09. The molecule has 0 radical (unpaired) electrons. The van der Waals surface area contributed by atoms with Gasteiger partial charge in [0.15, 0.2) is 0 Å². The van der Waals surface area contributed by atoms with Crippen LogP contribution in [0.4, 0.5) is 0 Å². The van der Waals surface area contributed by atoms with Gasteiger partial charge in [0.1, 0.15) is 0 Å². The number of rotatable bonds is 2. The molecule has 0 amide bonds. The van der Waals surface area contributed by atoms with Crippen LogP contribution in [-0.2, 0) is 0 Å². The number of aromatic nitrogens is 1. The van der Waals surface area contributed by atoms with Crippen LogP contribution in [0.3, 0.4) is 0 Å². The summed E-state index contributed by atoms with van der Waals surface area (Å²) < 4.78 is 0. The molecule has 2 atom stereocenters. The van der Waals surface area contributed by atoms with E-state index >= 15 is 0 Å². The van der Waals surface area contributed by atoms with Crippen molar-refractivity contribution < 1.29 is 0 Å². The number of nitrogens with zero attached hydrogens (tertiary/aromatic N) is 1. The van der Waals surface area contributed by atoms with Gasteiger partial charge in [-0.1, -0.05) is 32.0 Å². The summed E-state index contributed by atoms with van der Waals surface area (Å²) >= 11 is 0. The van der Waals surface area contributed by atoms with Gasteiger partial charge in [-0.2, -0.15) is 0 Å². The summed E-state index contributed by atoms with van der Waals surface area (Å²) in [6.07, 6.45) is 0. The number of nitrogens with two attached hydrogens (primary N) is 1. The second kappa shape index (κ2) is 3.79. The summed E-state index contributed by atoms with van der Waals surface area (Å²) in [5, 5.41) is 1.29. The number of aryl methyl sites for hydroxylation is 1. The molecule has 1 heterocycles. The molecule has 1 aromatic heterocycles. The zero-order chi connectivity index (χ0) is 12.9. The van der Waals surface area contributed by atoms with Gasteiger partial charge in [0.05, 0.1) is 5.52 Å². The summed E-state index contributed by atoms with van der Waals surface area (Å²) in [5.41, 5.74) is 9.86. The second-order valence-corrected chi connectivity index (χ2v) is 6.01. The number of pyridine rings is 1. The van der Waals surface area contributed by atoms with Crippen molar-refractivity contribution in [2.75, 3.05) is 6.54 Å².